The van der Waals surface area contributed by atoms with Gasteiger partial charge in [0.05, 0.1) is 16.5 Å². The van der Waals surface area contributed by atoms with Crippen LogP contribution in [0.15, 0.2) is 18.2 Å². The summed E-state index contributed by atoms with van der Waals surface area (Å²) in [6.45, 7) is 2.01. The molecule has 0 aliphatic carbocycles. The first-order chi connectivity index (χ1) is 8.52. The summed E-state index contributed by atoms with van der Waals surface area (Å²) >= 11 is 7.22. The van der Waals surface area contributed by atoms with Crippen molar-refractivity contribution in [3.8, 4) is 0 Å². The second kappa shape index (κ2) is 7.61. The van der Waals surface area contributed by atoms with E-state index in [0.29, 0.717) is 11.4 Å². The van der Waals surface area contributed by atoms with Crippen molar-refractivity contribution >= 4 is 35.0 Å². The maximum Gasteiger partial charge on any atom is 0.234 e. The van der Waals surface area contributed by atoms with E-state index in [0.717, 1.165) is 6.07 Å². The predicted molar refractivity (Wildman–Crippen MR) is 73.6 cm³/mol. The smallest absolute Gasteiger partial charge is 0.234 e. The highest BCUT2D eigenvalue weighted by Crippen LogP contribution is 2.22. The van der Waals surface area contributed by atoms with Crippen molar-refractivity contribution in [2.24, 2.45) is 5.92 Å². The quantitative estimate of drug-likeness (QED) is 0.847. The Kier molecular flexibility index (Phi) is 6.46. The lowest BCUT2D eigenvalue weighted by Crippen LogP contribution is -2.16. The summed E-state index contributed by atoms with van der Waals surface area (Å²) in [6.07, 6.45) is 0. The lowest BCUT2D eigenvalue weighted by Gasteiger charge is -2.09. The fourth-order valence-corrected chi connectivity index (χ4v) is 2.28. The Bertz CT molecular complexity index is 417. The van der Waals surface area contributed by atoms with Gasteiger partial charge in [-0.05, 0) is 29.9 Å². The number of thioether (sulfide) groups is 1. The normalized spacial score (nSPS) is 12.2. The molecule has 18 heavy (non-hydrogen) atoms. The summed E-state index contributed by atoms with van der Waals surface area (Å²) in [4.78, 5) is 11.6. The number of carbonyl (C=O) groups excluding carboxylic acids is 1. The Morgan fingerprint density at radius 3 is 2.94 bits per heavy atom. The molecule has 0 saturated carbocycles. The highest BCUT2D eigenvalue weighted by molar-refractivity contribution is 7.99. The molecule has 1 rings (SSSR count). The molecule has 0 bridgehead atoms. The van der Waals surface area contributed by atoms with Crippen molar-refractivity contribution in [1.29, 1.82) is 0 Å². The van der Waals surface area contributed by atoms with E-state index < -0.39 is 5.82 Å². The molecule has 0 spiro atoms. The van der Waals surface area contributed by atoms with Crippen molar-refractivity contribution in [2.45, 2.75) is 6.92 Å². The molecule has 0 heterocycles. The lowest BCUT2D eigenvalue weighted by atomic mass is 10.2. The van der Waals surface area contributed by atoms with Crippen molar-refractivity contribution in [1.82, 2.24) is 0 Å². The van der Waals surface area contributed by atoms with E-state index in [1.807, 2.05) is 6.92 Å². The number of carbonyl (C=O) groups is 1. The summed E-state index contributed by atoms with van der Waals surface area (Å²) in [7, 11) is 0. The van der Waals surface area contributed by atoms with Gasteiger partial charge in [-0.25, -0.2) is 4.39 Å². The number of aliphatic hydroxyl groups is 1. The minimum absolute atomic E-state index is 0.110. The van der Waals surface area contributed by atoms with E-state index in [9.17, 15) is 9.18 Å². The van der Waals surface area contributed by atoms with Gasteiger partial charge in [0.25, 0.3) is 0 Å². The molecule has 3 nitrogen and oxygen atoms in total. The third-order valence-electron chi connectivity index (χ3n) is 2.15. The Labute approximate surface area is 115 Å². The standard InChI is InChI=1S/C12H15ClFNO2S/c1-8(5-16)6-18-7-12(17)15-11-3-2-9(14)4-10(11)13/h2-4,8,16H,5-7H2,1H3,(H,15,17). The van der Waals surface area contributed by atoms with E-state index in [1.54, 1.807) is 0 Å². The number of amides is 1. The summed E-state index contributed by atoms with van der Waals surface area (Å²) < 4.78 is 12.8. The third kappa shape index (κ3) is 5.25. The van der Waals surface area contributed by atoms with Gasteiger partial charge in [0.1, 0.15) is 5.82 Å². The minimum Gasteiger partial charge on any atom is -0.396 e. The molecule has 100 valence electrons. The van der Waals surface area contributed by atoms with Gasteiger partial charge >= 0.3 is 0 Å². The van der Waals surface area contributed by atoms with Crippen LogP contribution in [0.25, 0.3) is 0 Å². The second-order valence-electron chi connectivity index (χ2n) is 3.98. The van der Waals surface area contributed by atoms with Crippen molar-refractivity contribution in [2.75, 3.05) is 23.4 Å². The van der Waals surface area contributed by atoms with Crippen molar-refractivity contribution in [3.63, 3.8) is 0 Å². The lowest BCUT2D eigenvalue weighted by molar-refractivity contribution is -0.113. The zero-order valence-corrected chi connectivity index (χ0v) is 11.5. The van der Waals surface area contributed by atoms with Gasteiger partial charge < -0.3 is 10.4 Å². The van der Waals surface area contributed by atoms with Gasteiger partial charge in [0, 0.05) is 6.61 Å². The molecule has 0 aromatic heterocycles. The van der Waals surface area contributed by atoms with Crippen LogP contribution in [0.4, 0.5) is 10.1 Å². The molecule has 1 atom stereocenters. The fraction of sp³-hybridized carbons (Fsp3) is 0.417. The van der Waals surface area contributed by atoms with Gasteiger partial charge in [-0.2, -0.15) is 11.8 Å². The number of rotatable bonds is 6. The van der Waals surface area contributed by atoms with Crippen LogP contribution >= 0.6 is 23.4 Å². The van der Waals surface area contributed by atoms with Crippen molar-refractivity contribution in [3.05, 3.63) is 29.0 Å². The SMILES string of the molecule is CC(CO)CSCC(=O)Nc1ccc(F)cc1Cl. The maximum atomic E-state index is 12.8. The van der Waals surface area contributed by atoms with Crippen LogP contribution in [0.2, 0.25) is 5.02 Å². The summed E-state index contributed by atoms with van der Waals surface area (Å²) in [5.41, 5.74) is 0.402. The fourth-order valence-electron chi connectivity index (χ4n) is 1.18. The molecule has 0 fully saturated rings. The second-order valence-corrected chi connectivity index (χ2v) is 5.41. The summed E-state index contributed by atoms with van der Waals surface area (Å²) in [6, 6.07) is 3.82. The zero-order chi connectivity index (χ0) is 13.5. The molecule has 1 unspecified atom stereocenters. The minimum atomic E-state index is -0.441. The zero-order valence-electron chi connectivity index (χ0n) is 9.95. The predicted octanol–water partition coefficient (Wildman–Crippen LogP) is 2.78. The first kappa shape index (κ1) is 15.3. The molecule has 0 aliphatic heterocycles. The average Bonchev–Trinajstić information content (AvgIpc) is 2.32. The Balaban J connectivity index is 2.40. The van der Waals surface area contributed by atoms with Crippen LogP contribution in [-0.2, 0) is 4.79 Å². The van der Waals surface area contributed by atoms with E-state index in [-0.39, 0.29) is 29.2 Å². The molecule has 1 aromatic rings. The van der Waals surface area contributed by atoms with E-state index in [1.165, 1.54) is 23.9 Å². The van der Waals surface area contributed by atoms with E-state index in [2.05, 4.69) is 5.32 Å². The number of benzene rings is 1. The largest absolute Gasteiger partial charge is 0.396 e. The van der Waals surface area contributed by atoms with Gasteiger partial charge in [-0.15, -0.1) is 0 Å². The average molecular weight is 292 g/mol. The molecular formula is C12H15ClFNO2S. The first-order valence-electron chi connectivity index (χ1n) is 5.46. The molecule has 0 saturated heterocycles. The van der Waals surface area contributed by atoms with Crippen LogP contribution in [0.3, 0.4) is 0 Å². The monoisotopic (exact) mass is 291 g/mol. The number of halogens is 2. The molecule has 1 amide bonds. The third-order valence-corrected chi connectivity index (χ3v) is 3.74. The number of hydrogen-bond acceptors (Lipinski definition) is 3. The summed E-state index contributed by atoms with van der Waals surface area (Å²) in [5.74, 6) is 0.513. The van der Waals surface area contributed by atoms with E-state index in [4.69, 9.17) is 16.7 Å². The molecule has 1 aromatic carbocycles. The number of anilines is 1. The topological polar surface area (TPSA) is 49.3 Å². The molecule has 6 heteroatoms. The number of aliphatic hydroxyl groups excluding tert-OH is 1. The van der Waals surface area contributed by atoms with E-state index >= 15 is 0 Å². The molecule has 0 radical (unpaired) electrons. The highest BCUT2D eigenvalue weighted by Gasteiger charge is 2.08. The van der Waals surface area contributed by atoms with Crippen molar-refractivity contribution < 1.29 is 14.3 Å². The number of hydrogen-bond donors (Lipinski definition) is 2. The number of nitrogens with one attached hydrogen (secondary N) is 1. The van der Waals surface area contributed by atoms with Gasteiger partial charge in [0.2, 0.25) is 5.91 Å². The van der Waals surface area contributed by atoms with Crippen LogP contribution in [0.5, 0.6) is 0 Å². The first-order valence-corrected chi connectivity index (χ1v) is 6.99. The summed E-state index contributed by atoms with van der Waals surface area (Å²) in [5, 5.41) is 11.6. The Hall–Kier alpha value is -0.780. The molecular weight excluding hydrogens is 277 g/mol. The molecule has 2 N–H and O–H groups in total. The van der Waals surface area contributed by atoms with Crippen LogP contribution in [0, 0.1) is 11.7 Å². The van der Waals surface area contributed by atoms with Crippen LogP contribution in [0.1, 0.15) is 6.92 Å². The maximum absolute atomic E-state index is 12.8. The Morgan fingerprint density at radius 2 is 2.33 bits per heavy atom. The molecule has 0 aliphatic rings. The van der Waals surface area contributed by atoms with Crippen LogP contribution < -0.4 is 5.32 Å². The highest BCUT2D eigenvalue weighted by atomic mass is 35.5. The van der Waals surface area contributed by atoms with Gasteiger partial charge in [-0.1, -0.05) is 18.5 Å². The van der Waals surface area contributed by atoms with Gasteiger partial charge in [0.15, 0.2) is 0 Å². The Morgan fingerprint density at radius 1 is 1.61 bits per heavy atom. The van der Waals surface area contributed by atoms with Crippen LogP contribution in [-0.4, -0.2) is 29.1 Å². The van der Waals surface area contributed by atoms with Gasteiger partial charge in [-0.3, -0.25) is 4.79 Å².